The van der Waals surface area contributed by atoms with Gasteiger partial charge in [-0.05, 0) is 46.3 Å². The van der Waals surface area contributed by atoms with E-state index in [1.807, 2.05) is 12.1 Å². The van der Waals surface area contributed by atoms with Crippen molar-refractivity contribution in [2.75, 3.05) is 0 Å². The summed E-state index contributed by atoms with van der Waals surface area (Å²) in [6.45, 7) is 5.40. The van der Waals surface area contributed by atoms with E-state index in [1.54, 1.807) is 32.1 Å². The van der Waals surface area contributed by atoms with Crippen LogP contribution in [0.2, 0.25) is 0 Å². The topological polar surface area (TPSA) is 66.4 Å². The zero-order chi connectivity index (χ0) is 15.3. The van der Waals surface area contributed by atoms with Gasteiger partial charge in [0.15, 0.2) is 0 Å². The van der Waals surface area contributed by atoms with Crippen molar-refractivity contribution in [3.8, 4) is 0 Å². The lowest BCUT2D eigenvalue weighted by molar-refractivity contribution is -0.144. The van der Waals surface area contributed by atoms with Gasteiger partial charge in [0.25, 0.3) is 0 Å². The van der Waals surface area contributed by atoms with Crippen molar-refractivity contribution in [2.24, 2.45) is 5.41 Å². The number of aryl methyl sites for hydroxylation is 1. The first-order valence-electron chi connectivity index (χ1n) is 6.46. The van der Waals surface area contributed by atoms with Gasteiger partial charge in [0, 0.05) is 11.3 Å². The zero-order valence-corrected chi connectivity index (χ0v) is 14.3. The van der Waals surface area contributed by atoms with Crippen LogP contribution in [0.25, 0.3) is 0 Å². The number of aliphatic carboxylic acids is 1. The van der Waals surface area contributed by atoms with E-state index in [1.165, 1.54) is 4.88 Å². The Bertz CT molecular complexity index is 479. The Balaban J connectivity index is 2.41. The molecule has 1 heterocycles. The molecule has 0 saturated carbocycles. The van der Waals surface area contributed by atoms with Crippen molar-refractivity contribution in [3.63, 3.8) is 0 Å². The molecule has 1 rings (SSSR count). The van der Waals surface area contributed by atoms with Crippen LogP contribution in [-0.2, 0) is 16.0 Å². The predicted octanol–water partition coefficient (Wildman–Crippen LogP) is 3.45. The highest BCUT2D eigenvalue weighted by atomic mass is 79.9. The Morgan fingerprint density at radius 2 is 2.05 bits per heavy atom. The molecule has 0 bridgehead atoms. The number of carboxylic acids is 1. The smallest absolute Gasteiger partial charge is 0.326 e. The Labute approximate surface area is 131 Å². The van der Waals surface area contributed by atoms with E-state index >= 15 is 0 Å². The number of carboxylic acid groups (broad SMARTS) is 1. The number of carbonyl (C=O) groups excluding carboxylic acids is 1. The molecule has 0 aromatic carbocycles. The summed E-state index contributed by atoms with van der Waals surface area (Å²) < 4.78 is 1.08. The molecule has 0 fully saturated rings. The van der Waals surface area contributed by atoms with Crippen LogP contribution in [0.5, 0.6) is 0 Å². The van der Waals surface area contributed by atoms with Gasteiger partial charge in [-0.3, -0.25) is 4.79 Å². The first-order valence-corrected chi connectivity index (χ1v) is 8.07. The van der Waals surface area contributed by atoms with Gasteiger partial charge < -0.3 is 10.4 Å². The predicted molar refractivity (Wildman–Crippen MR) is 84.0 cm³/mol. The third kappa shape index (κ3) is 5.63. The molecule has 1 amide bonds. The van der Waals surface area contributed by atoms with Gasteiger partial charge in [-0.2, -0.15) is 0 Å². The monoisotopic (exact) mass is 361 g/mol. The van der Waals surface area contributed by atoms with E-state index in [4.69, 9.17) is 5.11 Å². The number of amides is 1. The summed E-state index contributed by atoms with van der Waals surface area (Å²) in [6.07, 6.45) is 1.89. The fourth-order valence-corrected chi connectivity index (χ4v) is 3.32. The number of halogens is 1. The van der Waals surface area contributed by atoms with Crippen molar-refractivity contribution in [1.82, 2.24) is 5.32 Å². The third-order valence-electron chi connectivity index (χ3n) is 2.87. The van der Waals surface area contributed by atoms with E-state index < -0.39 is 17.4 Å². The van der Waals surface area contributed by atoms with Crippen molar-refractivity contribution < 1.29 is 14.7 Å². The summed E-state index contributed by atoms with van der Waals surface area (Å²) in [5.41, 5.74) is -0.500. The summed E-state index contributed by atoms with van der Waals surface area (Å²) in [7, 11) is 0. The van der Waals surface area contributed by atoms with Crippen LogP contribution >= 0.6 is 27.3 Å². The van der Waals surface area contributed by atoms with Gasteiger partial charge in [-0.25, -0.2) is 4.79 Å². The molecule has 112 valence electrons. The largest absolute Gasteiger partial charge is 0.480 e. The number of hydrogen-bond acceptors (Lipinski definition) is 3. The summed E-state index contributed by atoms with van der Waals surface area (Å²) in [6, 6.07) is 3.16. The molecule has 0 aliphatic carbocycles. The van der Waals surface area contributed by atoms with Crippen molar-refractivity contribution in [3.05, 3.63) is 20.8 Å². The molecule has 1 atom stereocenters. The molecule has 0 aliphatic rings. The lowest BCUT2D eigenvalue weighted by Gasteiger charge is -2.27. The number of hydrogen-bond donors (Lipinski definition) is 2. The van der Waals surface area contributed by atoms with E-state index in [9.17, 15) is 9.59 Å². The normalized spacial score (nSPS) is 13.0. The molecule has 0 saturated heterocycles. The van der Waals surface area contributed by atoms with Crippen LogP contribution in [0.1, 0.15) is 38.5 Å². The quantitative estimate of drug-likeness (QED) is 0.815. The Morgan fingerprint density at radius 3 is 2.50 bits per heavy atom. The number of thiophene rings is 1. The maximum Gasteiger partial charge on any atom is 0.326 e. The number of rotatable bonds is 6. The van der Waals surface area contributed by atoms with Crippen molar-refractivity contribution >= 4 is 39.1 Å². The van der Waals surface area contributed by atoms with E-state index in [0.717, 1.165) is 16.6 Å². The molecule has 1 aromatic rings. The summed E-state index contributed by atoms with van der Waals surface area (Å²) in [5.74, 6) is -1.20. The minimum Gasteiger partial charge on any atom is -0.480 e. The van der Waals surface area contributed by atoms with Gasteiger partial charge >= 0.3 is 5.97 Å². The Morgan fingerprint density at radius 1 is 1.40 bits per heavy atom. The highest BCUT2D eigenvalue weighted by molar-refractivity contribution is 9.11. The first-order chi connectivity index (χ1) is 9.20. The maximum atomic E-state index is 11.8. The van der Waals surface area contributed by atoms with Crippen LogP contribution in [0.3, 0.4) is 0 Å². The highest BCUT2D eigenvalue weighted by Crippen LogP contribution is 2.23. The van der Waals surface area contributed by atoms with Crippen molar-refractivity contribution in [2.45, 2.75) is 46.1 Å². The van der Waals surface area contributed by atoms with Crippen LogP contribution < -0.4 is 5.32 Å². The van der Waals surface area contributed by atoms with Gasteiger partial charge in [-0.15, -0.1) is 11.3 Å². The summed E-state index contributed by atoms with van der Waals surface area (Å²) >= 11 is 5.05. The van der Waals surface area contributed by atoms with Crippen LogP contribution in [0, 0.1) is 5.41 Å². The second kappa shape index (κ2) is 7.22. The van der Waals surface area contributed by atoms with Gasteiger partial charge in [0.1, 0.15) is 6.04 Å². The maximum absolute atomic E-state index is 11.8. The molecular weight excluding hydrogens is 342 g/mol. The highest BCUT2D eigenvalue weighted by Gasteiger charge is 2.32. The fourth-order valence-electron chi connectivity index (χ4n) is 1.79. The van der Waals surface area contributed by atoms with Crippen LogP contribution in [0.15, 0.2) is 15.9 Å². The lowest BCUT2D eigenvalue weighted by Crippen LogP contribution is -2.49. The van der Waals surface area contributed by atoms with Gasteiger partial charge in [-0.1, -0.05) is 20.8 Å². The van der Waals surface area contributed by atoms with E-state index in [-0.39, 0.29) is 5.91 Å². The summed E-state index contributed by atoms with van der Waals surface area (Å²) in [5, 5.41) is 11.7. The Hall–Kier alpha value is -0.880. The second-order valence-electron chi connectivity index (χ2n) is 5.76. The van der Waals surface area contributed by atoms with Crippen molar-refractivity contribution in [1.29, 1.82) is 0 Å². The third-order valence-corrected chi connectivity index (χ3v) is 4.56. The average molecular weight is 362 g/mol. The molecule has 4 nitrogen and oxygen atoms in total. The van der Waals surface area contributed by atoms with E-state index in [2.05, 4.69) is 21.2 Å². The molecule has 0 radical (unpaired) electrons. The average Bonchev–Trinajstić information content (AvgIpc) is 2.70. The minimum atomic E-state index is -0.993. The van der Waals surface area contributed by atoms with Crippen LogP contribution in [-0.4, -0.2) is 23.0 Å². The number of nitrogens with one attached hydrogen (secondary N) is 1. The minimum absolute atomic E-state index is 0.206. The first kappa shape index (κ1) is 17.2. The molecule has 2 N–H and O–H groups in total. The van der Waals surface area contributed by atoms with E-state index in [0.29, 0.717) is 6.42 Å². The fraction of sp³-hybridized carbons (Fsp3) is 0.571. The standard InChI is InChI=1S/C14H20BrNO3S/c1-14(2,3)12(13(18)19)16-11(17)6-4-5-9-7-8-10(15)20-9/h7-8,12H,4-6H2,1-3H3,(H,16,17)(H,18,19)/t12-/m1/s1. The molecule has 1 aromatic heterocycles. The second-order valence-corrected chi connectivity index (χ2v) is 8.31. The SMILES string of the molecule is CC(C)(C)[C@H](NC(=O)CCCc1ccc(Br)s1)C(=O)O. The summed E-state index contributed by atoms with van der Waals surface area (Å²) in [4.78, 5) is 24.2. The van der Waals surface area contributed by atoms with Gasteiger partial charge in [0.2, 0.25) is 5.91 Å². The van der Waals surface area contributed by atoms with Crippen LogP contribution in [0.4, 0.5) is 0 Å². The molecule has 20 heavy (non-hydrogen) atoms. The Kier molecular flexibility index (Phi) is 6.20. The lowest BCUT2D eigenvalue weighted by atomic mass is 9.86. The zero-order valence-electron chi connectivity index (χ0n) is 11.9. The number of carbonyl (C=O) groups is 2. The molecule has 6 heteroatoms. The molecule has 0 aliphatic heterocycles. The molecule has 0 spiro atoms. The van der Waals surface area contributed by atoms with Gasteiger partial charge in [0.05, 0.1) is 3.79 Å². The molecule has 0 unspecified atom stereocenters. The molecular formula is C14H20BrNO3S.